The molecule has 1 fully saturated rings. The van der Waals surface area contributed by atoms with E-state index >= 15 is 0 Å². The predicted octanol–water partition coefficient (Wildman–Crippen LogP) is 3.08. The number of likely N-dealkylation sites (tertiary alicyclic amines) is 1. The van der Waals surface area contributed by atoms with Gasteiger partial charge in [0.2, 0.25) is 5.91 Å². The molecular weight excluding hydrogens is 312 g/mol. The lowest BCUT2D eigenvalue weighted by Crippen LogP contribution is -2.41. The number of imidazole rings is 1. The average molecular weight is 334 g/mol. The van der Waals surface area contributed by atoms with E-state index in [0.717, 1.165) is 37.2 Å². The first-order valence-electron chi connectivity index (χ1n) is 8.77. The number of piperidine rings is 1. The Balaban J connectivity index is 1.39. The molecule has 2 aromatic heterocycles. The molecule has 3 aromatic rings. The lowest BCUT2D eigenvalue weighted by atomic mass is 10.0. The summed E-state index contributed by atoms with van der Waals surface area (Å²) < 4.78 is 4.18. The molecule has 1 amide bonds. The van der Waals surface area contributed by atoms with Gasteiger partial charge in [-0.25, -0.2) is 4.98 Å². The van der Waals surface area contributed by atoms with Crippen molar-refractivity contribution in [2.75, 3.05) is 13.1 Å². The molecule has 1 aromatic carbocycles. The van der Waals surface area contributed by atoms with E-state index in [0.29, 0.717) is 12.5 Å². The Labute approximate surface area is 147 Å². The molecule has 0 aliphatic carbocycles. The van der Waals surface area contributed by atoms with Crippen LogP contribution in [0.15, 0.2) is 67.5 Å². The van der Waals surface area contributed by atoms with Gasteiger partial charge in [-0.15, -0.1) is 0 Å². The Hall–Kier alpha value is -2.82. The molecule has 0 unspecified atom stereocenters. The van der Waals surface area contributed by atoms with Crippen LogP contribution in [-0.4, -0.2) is 38.0 Å². The Morgan fingerprint density at radius 3 is 2.64 bits per heavy atom. The van der Waals surface area contributed by atoms with Gasteiger partial charge in [-0.1, -0.05) is 12.1 Å². The van der Waals surface area contributed by atoms with Crippen molar-refractivity contribution < 1.29 is 4.79 Å². The van der Waals surface area contributed by atoms with Gasteiger partial charge in [0.15, 0.2) is 0 Å². The highest BCUT2D eigenvalue weighted by Crippen LogP contribution is 2.22. The average Bonchev–Trinajstić information content (AvgIpc) is 3.36. The molecule has 3 heterocycles. The summed E-state index contributed by atoms with van der Waals surface area (Å²) in [6, 6.07) is 12.6. The van der Waals surface area contributed by atoms with Crippen molar-refractivity contribution in [2.24, 2.45) is 0 Å². The van der Waals surface area contributed by atoms with Crippen molar-refractivity contribution in [1.82, 2.24) is 19.0 Å². The SMILES string of the molecule is O=C(Cc1ccc(-n2cccc2)cc1)N1CCC[C@@H](n2ccnc2)C1. The summed E-state index contributed by atoms with van der Waals surface area (Å²) in [7, 11) is 0. The minimum absolute atomic E-state index is 0.207. The van der Waals surface area contributed by atoms with Gasteiger partial charge < -0.3 is 14.0 Å². The zero-order chi connectivity index (χ0) is 17.1. The molecule has 5 nitrogen and oxygen atoms in total. The van der Waals surface area contributed by atoms with Crippen molar-refractivity contribution in [2.45, 2.75) is 25.3 Å². The fourth-order valence-electron chi connectivity index (χ4n) is 3.49. The zero-order valence-electron chi connectivity index (χ0n) is 14.2. The highest BCUT2D eigenvalue weighted by atomic mass is 16.2. The van der Waals surface area contributed by atoms with Crippen LogP contribution in [0.25, 0.3) is 5.69 Å². The molecule has 128 valence electrons. The smallest absolute Gasteiger partial charge is 0.227 e. The number of hydrogen-bond donors (Lipinski definition) is 0. The molecule has 4 rings (SSSR count). The highest BCUT2D eigenvalue weighted by Gasteiger charge is 2.24. The van der Waals surface area contributed by atoms with Crippen LogP contribution in [0.4, 0.5) is 0 Å². The Morgan fingerprint density at radius 2 is 1.92 bits per heavy atom. The number of hydrogen-bond acceptors (Lipinski definition) is 2. The van der Waals surface area contributed by atoms with Crippen molar-refractivity contribution in [3.63, 3.8) is 0 Å². The van der Waals surface area contributed by atoms with Gasteiger partial charge in [0.25, 0.3) is 0 Å². The van der Waals surface area contributed by atoms with Gasteiger partial charge in [-0.3, -0.25) is 4.79 Å². The second-order valence-corrected chi connectivity index (χ2v) is 6.58. The number of carbonyl (C=O) groups is 1. The van der Waals surface area contributed by atoms with Crippen LogP contribution >= 0.6 is 0 Å². The minimum Gasteiger partial charge on any atom is -0.340 e. The van der Waals surface area contributed by atoms with E-state index in [4.69, 9.17) is 0 Å². The lowest BCUT2D eigenvalue weighted by Gasteiger charge is -2.33. The van der Waals surface area contributed by atoms with E-state index in [9.17, 15) is 4.79 Å². The second-order valence-electron chi connectivity index (χ2n) is 6.58. The normalized spacial score (nSPS) is 17.6. The Morgan fingerprint density at radius 1 is 1.12 bits per heavy atom. The van der Waals surface area contributed by atoms with E-state index < -0.39 is 0 Å². The number of rotatable bonds is 4. The number of aromatic nitrogens is 3. The summed E-state index contributed by atoms with van der Waals surface area (Å²) in [5, 5.41) is 0. The summed E-state index contributed by atoms with van der Waals surface area (Å²) in [5.74, 6) is 0.207. The van der Waals surface area contributed by atoms with Gasteiger partial charge in [0.1, 0.15) is 0 Å². The van der Waals surface area contributed by atoms with Crippen molar-refractivity contribution in [3.8, 4) is 5.69 Å². The fourth-order valence-corrected chi connectivity index (χ4v) is 3.49. The Kier molecular flexibility index (Phi) is 4.37. The third-order valence-electron chi connectivity index (χ3n) is 4.89. The molecular formula is C20H22N4O. The molecule has 0 bridgehead atoms. The molecule has 0 radical (unpaired) electrons. The van der Waals surface area contributed by atoms with Crippen LogP contribution in [-0.2, 0) is 11.2 Å². The number of benzene rings is 1. The maximum Gasteiger partial charge on any atom is 0.227 e. The second kappa shape index (κ2) is 6.97. The largest absolute Gasteiger partial charge is 0.340 e. The van der Waals surface area contributed by atoms with Crippen LogP contribution < -0.4 is 0 Å². The molecule has 0 saturated carbocycles. The number of amides is 1. The van der Waals surface area contributed by atoms with E-state index in [-0.39, 0.29) is 5.91 Å². The number of carbonyl (C=O) groups excluding carboxylic acids is 1. The molecule has 1 aliphatic heterocycles. The third-order valence-corrected chi connectivity index (χ3v) is 4.89. The van der Waals surface area contributed by atoms with Crippen LogP contribution in [0, 0.1) is 0 Å². The Bertz CT molecular complexity index is 806. The van der Waals surface area contributed by atoms with Crippen molar-refractivity contribution >= 4 is 5.91 Å². The predicted molar refractivity (Wildman–Crippen MR) is 96.6 cm³/mol. The summed E-state index contributed by atoms with van der Waals surface area (Å²) in [4.78, 5) is 18.8. The van der Waals surface area contributed by atoms with E-state index in [1.165, 1.54) is 0 Å². The van der Waals surface area contributed by atoms with Gasteiger partial charge >= 0.3 is 0 Å². The van der Waals surface area contributed by atoms with Gasteiger partial charge in [0, 0.05) is 43.6 Å². The molecule has 0 N–H and O–H groups in total. The first-order chi connectivity index (χ1) is 12.3. The minimum atomic E-state index is 0.207. The quantitative estimate of drug-likeness (QED) is 0.736. The topological polar surface area (TPSA) is 43.1 Å². The monoisotopic (exact) mass is 334 g/mol. The highest BCUT2D eigenvalue weighted by molar-refractivity contribution is 5.79. The van der Waals surface area contributed by atoms with Crippen molar-refractivity contribution in [3.05, 3.63) is 73.1 Å². The molecule has 1 saturated heterocycles. The summed E-state index contributed by atoms with van der Waals surface area (Å²) >= 11 is 0. The first-order valence-corrected chi connectivity index (χ1v) is 8.77. The standard InChI is InChI=1S/C20H22N4O/c25-20(23-12-3-4-19(15-23)24-13-9-21-16-24)14-17-5-7-18(8-6-17)22-10-1-2-11-22/h1-2,5-11,13,16,19H,3-4,12,14-15H2/t19-/m1/s1. The lowest BCUT2D eigenvalue weighted by molar-refractivity contribution is -0.132. The van der Waals surface area contributed by atoms with Crippen LogP contribution in [0.5, 0.6) is 0 Å². The third kappa shape index (κ3) is 3.50. The molecule has 5 heteroatoms. The summed E-state index contributed by atoms with van der Waals surface area (Å²) in [5.41, 5.74) is 2.17. The zero-order valence-corrected chi connectivity index (χ0v) is 14.2. The van der Waals surface area contributed by atoms with E-state index in [2.05, 4.69) is 26.3 Å². The molecule has 1 aliphatic rings. The number of nitrogens with zero attached hydrogens (tertiary/aromatic N) is 4. The summed E-state index contributed by atoms with van der Waals surface area (Å²) in [6.07, 6.45) is 12.3. The van der Waals surface area contributed by atoms with Crippen LogP contribution in [0.1, 0.15) is 24.4 Å². The van der Waals surface area contributed by atoms with Crippen LogP contribution in [0.3, 0.4) is 0 Å². The molecule has 1 atom stereocenters. The van der Waals surface area contributed by atoms with Crippen molar-refractivity contribution in [1.29, 1.82) is 0 Å². The van der Waals surface area contributed by atoms with Gasteiger partial charge in [-0.2, -0.15) is 0 Å². The summed E-state index contributed by atoms with van der Waals surface area (Å²) in [6.45, 7) is 1.63. The molecule has 0 spiro atoms. The van der Waals surface area contributed by atoms with Gasteiger partial charge in [0.05, 0.1) is 18.8 Å². The fraction of sp³-hybridized carbons (Fsp3) is 0.300. The van der Waals surface area contributed by atoms with Gasteiger partial charge in [-0.05, 0) is 42.7 Å². The maximum atomic E-state index is 12.7. The maximum absolute atomic E-state index is 12.7. The van der Waals surface area contributed by atoms with Crippen LogP contribution in [0.2, 0.25) is 0 Å². The van der Waals surface area contributed by atoms with E-state index in [1.807, 2.05) is 54.1 Å². The first kappa shape index (κ1) is 15.7. The molecule has 25 heavy (non-hydrogen) atoms. The van der Waals surface area contributed by atoms with E-state index in [1.54, 1.807) is 6.20 Å².